The first kappa shape index (κ1) is 19.2. The van der Waals surface area contributed by atoms with E-state index in [1.807, 2.05) is 0 Å². The Kier molecular flexibility index (Phi) is 4.86. The average molecular weight is 412 g/mol. The number of nitrogens with zero attached hydrogens (tertiary/aromatic N) is 3. The van der Waals surface area contributed by atoms with Gasteiger partial charge in [0.05, 0.1) is 12.2 Å². The number of likely N-dealkylation sites (N-methyl/N-ethyl adjacent to an activating group) is 1. The van der Waals surface area contributed by atoms with E-state index in [1.54, 1.807) is 68.4 Å². The van der Waals surface area contributed by atoms with Crippen molar-refractivity contribution in [3.05, 3.63) is 63.6 Å². The molecule has 0 aliphatic carbocycles. The van der Waals surface area contributed by atoms with Crippen molar-refractivity contribution in [1.29, 1.82) is 0 Å². The Hall–Kier alpha value is -3.16. The van der Waals surface area contributed by atoms with Crippen LogP contribution in [0.15, 0.2) is 51.7 Å². The highest BCUT2D eigenvalue weighted by Crippen LogP contribution is 2.33. The topological polar surface area (TPSA) is 77.6 Å². The van der Waals surface area contributed by atoms with Crippen molar-refractivity contribution in [2.24, 2.45) is 0 Å². The summed E-state index contributed by atoms with van der Waals surface area (Å²) in [6.45, 7) is 1.88. The maximum atomic E-state index is 13.0. The van der Waals surface area contributed by atoms with Gasteiger partial charge >= 0.3 is 5.97 Å². The van der Waals surface area contributed by atoms with E-state index in [1.165, 1.54) is 4.68 Å². The fourth-order valence-electron chi connectivity index (χ4n) is 3.15. The predicted octanol–water partition coefficient (Wildman–Crippen LogP) is 3.51. The van der Waals surface area contributed by atoms with Crippen molar-refractivity contribution in [3.63, 3.8) is 0 Å². The summed E-state index contributed by atoms with van der Waals surface area (Å²) in [5.74, 6) is 0.444. The van der Waals surface area contributed by atoms with E-state index >= 15 is 0 Å². The van der Waals surface area contributed by atoms with Crippen molar-refractivity contribution < 1.29 is 13.9 Å². The number of benzene rings is 2. The second-order valence-corrected chi connectivity index (χ2v) is 7.38. The summed E-state index contributed by atoms with van der Waals surface area (Å²) in [6.07, 6.45) is 0. The standard InChI is InChI=1S/C21H18ClN3O4/c1-12-19-20(23-25(21(19)27)14-6-4-13(22)5-7-14)16-10-15(8-9-17(16)28-12)29-18(26)11-24(2)3/h4-10H,11H2,1-3H3. The first-order valence-electron chi connectivity index (χ1n) is 8.91. The Bertz CT molecular complexity index is 1240. The van der Waals surface area contributed by atoms with E-state index in [2.05, 4.69) is 5.10 Å². The van der Waals surface area contributed by atoms with Gasteiger partial charge < -0.3 is 9.15 Å². The van der Waals surface area contributed by atoms with Gasteiger partial charge in [-0.2, -0.15) is 9.78 Å². The highest BCUT2D eigenvalue weighted by atomic mass is 35.5. The highest BCUT2D eigenvalue weighted by molar-refractivity contribution is 6.30. The van der Waals surface area contributed by atoms with Crippen molar-refractivity contribution in [3.8, 4) is 22.7 Å². The van der Waals surface area contributed by atoms with Gasteiger partial charge in [-0.15, -0.1) is 0 Å². The molecule has 2 aliphatic heterocycles. The molecule has 0 radical (unpaired) electrons. The van der Waals surface area contributed by atoms with Crippen LogP contribution in [-0.4, -0.2) is 41.3 Å². The van der Waals surface area contributed by atoms with Crippen LogP contribution in [0.4, 0.5) is 0 Å². The van der Waals surface area contributed by atoms with Gasteiger partial charge in [-0.05, 0) is 63.5 Å². The molecule has 0 unspecified atom stereocenters. The van der Waals surface area contributed by atoms with E-state index in [4.69, 9.17) is 20.8 Å². The van der Waals surface area contributed by atoms with Crippen LogP contribution in [0.2, 0.25) is 5.02 Å². The van der Waals surface area contributed by atoms with Gasteiger partial charge in [-0.25, -0.2) is 0 Å². The van der Waals surface area contributed by atoms with Crippen LogP contribution >= 0.6 is 11.6 Å². The number of carbonyl (C=O) groups excluding carboxylic acids is 1. The van der Waals surface area contributed by atoms with Gasteiger partial charge in [0.2, 0.25) is 0 Å². The lowest BCUT2D eigenvalue weighted by Crippen LogP contribution is -2.25. The third kappa shape index (κ3) is 3.62. The number of carbonyl (C=O) groups is 1. The Balaban J connectivity index is 1.86. The molecule has 0 spiro atoms. The second kappa shape index (κ2) is 7.35. The summed E-state index contributed by atoms with van der Waals surface area (Å²) in [6, 6.07) is 11.8. The lowest BCUT2D eigenvalue weighted by Gasteiger charge is -2.10. The van der Waals surface area contributed by atoms with Crippen LogP contribution in [0, 0.1) is 6.92 Å². The number of aryl methyl sites for hydroxylation is 1. The van der Waals surface area contributed by atoms with Gasteiger partial charge in [0.15, 0.2) is 0 Å². The molecule has 0 aromatic heterocycles. The molecule has 7 nitrogen and oxygen atoms in total. The van der Waals surface area contributed by atoms with Crippen molar-refractivity contribution in [2.45, 2.75) is 6.92 Å². The van der Waals surface area contributed by atoms with Gasteiger partial charge in [0.25, 0.3) is 5.56 Å². The molecule has 2 aromatic rings. The Morgan fingerprint density at radius 3 is 2.62 bits per heavy atom. The number of hydrogen-bond acceptors (Lipinski definition) is 6. The molecule has 148 valence electrons. The summed E-state index contributed by atoms with van der Waals surface area (Å²) in [5.41, 5.74) is 1.71. The largest absolute Gasteiger partial charge is 0.460 e. The Labute approximate surface area is 171 Å². The quantitative estimate of drug-likeness (QED) is 0.378. The van der Waals surface area contributed by atoms with Crippen molar-refractivity contribution in [2.75, 3.05) is 20.6 Å². The van der Waals surface area contributed by atoms with Crippen LogP contribution in [0.3, 0.4) is 0 Å². The van der Waals surface area contributed by atoms with Crippen LogP contribution in [0.25, 0.3) is 27.9 Å². The summed E-state index contributed by atoms with van der Waals surface area (Å²) < 4.78 is 12.5. The van der Waals surface area contributed by atoms with E-state index in [-0.39, 0.29) is 18.1 Å². The molecule has 0 atom stereocenters. The van der Waals surface area contributed by atoms with Gasteiger partial charge in [-0.3, -0.25) is 14.5 Å². The Morgan fingerprint density at radius 1 is 1.21 bits per heavy atom. The lowest BCUT2D eigenvalue weighted by atomic mass is 10.1. The minimum atomic E-state index is -0.383. The molecule has 0 saturated carbocycles. The zero-order valence-corrected chi connectivity index (χ0v) is 16.9. The van der Waals surface area contributed by atoms with E-state index in [0.717, 1.165) is 0 Å². The van der Waals surface area contributed by atoms with Gasteiger partial charge in [0.1, 0.15) is 28.4 Å². The van der Waals surface area contributed by atoms with Crippen LogP contribution in [-0.2, 0) is 4.79 Å². The second-order valence-electron chi connectivity index (χ2n) is 6.95. The molecule has 4 rings (SSSR count). The molecule has 2 aromatic carbocycles. The summed E-state index contributed by atoms with van der Waals surface area (Å²) >= 11 is 5.94. The van der Waals surface area contributed by atoms with Crippen LogP contribution in [0.1, 0.15) is 5.76 Å². The number of esters is 1. The molecule has 2 heterocycles. The molecule has 0 amide bonds. The molecule has 2 aliphatic rings. The number of halogens is 1. The molecule has 29 heavy (non-hydrogen) atoms. The molecule has 0 fully saturated rings. The first-order chi connectivity index (χ1) is 13.8. The number of rotatable bonds is 4. The van der Waals surface area contributed by atoms with Gasteiger partial charge in [0, 0.05) is 10.4 Å². The number of aromatic nitrogens is 2. The smallest absolute Gasteiger partial charge is 0.325 e. The fourth-order valence-corrected chi connectivity index (χ4v) is 3.28. The normalized spacial score (nSPS) is 11.5. The van der Waals surface area contributed by atoms with E-state index in [9.17, 15) is 9.59 Å². The maximum absolute atomic E-state index is 13.0. The highest BCUT2D eigenvalue weighted by Gasteiger charge is 2.24. The first-order valence-corrected chi connectivity index (χ1v) is 9.29. The number of fused-ring (bicyclic) bond motifs is 3. The summed E-state index contributed by atoms with van der Waals surface area (Å²) in [4.78, 5) is 26.7. The fraction of sp³-hybridized carbons (Fsp3) is 0.190. The van der Waals surface area contributed by atoms with Crippen LogP contribution in [0.5, 0.6) is 5.75 Å². The van der Waals surface area contributed by atoms with E-state index in [0.29, 0.717) is 44.4 Å². The minimum absolute atomic E-state index is 0.154. The average Bonchev–Trinajstić information content (AvgIpc) is 3.00. The SMILES string of the molecule is Cc1oc2ccc(OC(=O)CN(C)C)cc2c2nn(-c3ccc(Cl)cc3)c(=O)c1-2. The predicted molar refractivity (Wildman–Crippen MR) is 110 cm³/mol. The molecule has 0 bridgehead atoms. The number of ether oxygens (including phenoxy) is 1. The van der Waals surface area contributed by atoms with Crippen LogP contribution < -0.4 is 10.3 Å². The minimum Gasteiger partial charge on any atom is -0.460 e. The molecular weight excluding hydrogens is 394 g/mol. The maximum Gasteiger partial charge on any atom is 0.325 e. The Morgan fingerprint density at radius 2 is 1.93 bits per heavy atom. The summed E-state index contributed by atoms with van der Waals surface area (Å²) in [7, 11) is 3.57. The number of hydrogen-bond donors (Lipinski definition) is 0. The van der Waals surface area contributed by atoms with Crippen molar-refractivity contribution in [1.82, 2.24) is 14.7 Å². The van der Waals surface area contributed by atoms with E-state index < -0.39 is 0 Å². The molecule has 0 saturated heterocycles. The molecule has 8 heteroatoms. The third-order valence-electron chi connectivity index (χ3n) is 4.41. The third-order valence-corrected chi connectivity index (χ3v) is 4.66. The van der Waals surface area contributed by atoms with Gasteiger partial charge in [-0.1, -0.05) is 11.6 Å². The monoisotopic (exact) mass is 411 g/mol. The van der Waals surface area contributed by atoms with Crippen molar-refractivity contribution >= 4 is 28.5 Å². The zero-order chi connectivity index (χ0) is 20.7. The zero-order valence-electron chi connectivity index (χ0n) is 16.1. The molecule has 0 N–H and O–H groups in total. The molecular formula is C21H18ClN3O4. The summed E-state index contributed by atoms with van der Waals surface area (Å²) in [5, 5.41) is 5.68. The lowest BCUT2D eigenvalue weighted by molar-refractivity contribution is -0.135.